The molecule has 3 atom stereocenters. The zero-order chi connectivity index (χ0) is 19.1. The molecule has 0 bridgehead atoms. The molecule has 1 unspecified atom stereocenters. The standard InChI is InChI=1S/C22H25N5O/c23-13-17-11-15-12-21(15)27(17)22(28)14-26-9-6-16(7-10-26)25-20-5-8-24-19-4-2-1-3-18(19)20/h1-5,8,15-17,21H,6-7,9-12,14H2,(H,24,25)/t15-,17+,21?/m1/s1. The largest absolute Gasteiger partial charge is 0.382 e. The van der Waals surface area contributed by atoms with Gasteiger partial charge in [0.05, 0.1) is 18.1 Å². The monoisotopic (exact) mass is 375 g/mol. The maximum absolute atomic E-state index is 12.7. The van der Waals surface area contributed by atoms with Gasteiger partial charge >= 0.3 is 0 Å². The average Bonchev–Trinajstić information content (AvgIpc) is 3.39. The second-order valence-electron chi connectivity index (χ2n) is 8.32. The maximum Gasteiger partial charge on any atom is 0.238 e. The first kappa shape index (κ1) is 17.4. The molecule has 1 amide bonds. The van der Waals surface area contributed by atoms with Gasteiger partial charge in [0, 0.05) is 42.4 Å². The Hall–Kier alpha value is -2.65. The number of carbonyl (C=O) groups excluding carboxylic acids is 1. The lowest BCUT2D eigenvalue weighted by Gasteiger charge is -2.34. The van der Waals surface area contributed by atoms with Gasteiger partial charge in [-0.2, -0.15) is 5.26 Å². The Morgan fingerprint density at radius 1 is 1.21 bits per heavy atom. The summed E-state index contributed by atoms with van der Waals surface area (Å²) in [5.74, 6) is 0.724. The Balaban J connectivity index is 1.17. The number of hydrogen-bond donors (Lipinski definition) is 1. The van der Waals surface area contributed by atoms with Crippen LogP contribution in [0.4, 0.5) is 5.69 Å². The van der Waals surface area contributed by atoms with Gasteiger partial charge in [0.25, 0.3) is 0 Å². The van der Waals surface area contributed by atoms with Crippen molar-refractivity contribution in [2.45, 2.75) is 43.8 Å². The molecule has 3 aliphatic rings. The quantitative estimate of drug-likeness (QED) is 0.889. The van der Waals surface area contributed by atoms with E-state index in [0.717, 1.165) is 55.4 Å². The van der Waals surface area contributed by atoms with Crippen molar-refractivity contribution >= 4 is 22.5 Å². The molecular formula is C22H25N5O. The second-order valence-corrected chi connectivity index (χ2v) is 8.32. The summed E-state index contributed by atoms with van der Waals surface area (Å²) in [5.41, 5.74) is 2.14. The predicted molar refractivity (Wildman–Crippen MR) is 108 cm³/mol. The molecule has 1 N–H and O–H groups in total. The van der Waals surface area contributed by atoms with E-state index in [0.29, 0.717) is 24.5 Å². The Morgan fingerprint density at radius 3 is 2.86 bits per heavy atom. The molecule has 6 nitrogen and oxygen atoms in total. The lowest BCUT2D eigenvalue weighted by atomic mass is 10.0. The minimum atomic E-state index is -0.199. The van der Waals surface area contributed by atoms with E-state index in [1.807, 2.05) is 35.4 Å². The van der Waals surface area contributed by atoms with E-state index in [1.54, 1.807) is 0 Å². The van der Waals surface area contributed by atoms with E-state index in [1.165, 1.54) is 0 Å². The zero-order valence-corrected chi connectivity index (χ0v) is 15.9. The van der Waals surface area contributed by atoms with Gasteiger partial charge in [0.2, 0.25) is 5.91 Å². The average molecular weight is 375 g/mol. The van der Waals surface area contributed by atoms with Crippen molar-refractivity contribution in [2.75, 3.05) is 25.0 Å². The number of para-hydroxylation sites is 1. The number of benzene rings is 1. The van der Waals surface area contributed by atoms with E-state index in [4.69, 9.17) is 0 Å². The fraction of sp³-hybridized carbons (Fsp3) is 0.500. The number of hydrogen-bond acceptors (Lipinski definition) is 5. The van der Waals surface area contributed by atoms with Crippen molar-refractivity contribution in [1.29, 1.82) is 5.26 Å². The van der Waals surface area contributed by atoms with Gasteiger partial charge in [-0.15, -0.1) is 0 Å². The molecule has 1 aliphatic carbocycles. The number of amides is 1. The van der Waals surface area contributed by atoms with Crippen LogP contribution in [0.5, 0.6) is 0 Å². The topological polar surface area (TPSA) is 72.3 Å². The molecule has 5 rings (SSSR count). The molecule has 2 aromatic rings. The van der Waals surface area contributed by atoms with Crippen LogP contribution in [0.2, 0.25) is 0 Å². The number of nitrogens with one attached hydrogen (secondary N) is 1. The van der Waals surface area contributed by atoms with Crippen molar-refractivity contribution in [1.82, 2.24) is 14.8 Å². The highest BCUT2D eigenvalue weighted by atomic mass is 16.2. The summed E-state index contributed by atoms with van der Waals surface area (Å²) >= 11 is 0. The van der Waals surface area contributed by atoms with Crippen LogP contribution in [0.15, 0.2) is 36.5 Å². The summed E-state index contributed by atoms with van der Waals surface area (Å²) in [4.78, 5) is 21.3. The highest BCUT2D eigenvalue weighted by Gasteiger charge is 2.54. The summed E-state index contributed by atoms with van der Waals surface area (Å²) in [6.07, 6.45) is 5.84. The lowest BCUT2D eigenvalue weighted by molar-refractivity contribution is -0.133. The SMILES string of the molecule is N#C[C@@H]1C[C@@H]2CC2N1C(=O)CN1CCC(Nc2ccnc3ccccc23)CC1. The van der Waals surface area contributed by atoms with Crippen molar-refractivity contribution in [2.24, 2.45) is 5.92 Å². The van der Waals surface area contributed by atoms with E-state index in [-0.39, 0.29) is 11.9 Å². The van der Waals surface area contributed by atoms with Gasteiger partial charge in [-0.1, -0.05) is 18.2 Å². The molecule has 1 aromatic carbocycles. The molecule has 2 saturated heterocycles. The lowest BCUT2D eigenvalue weighted by Crippen LogP contribution is -2.47. The van der Waals surface area contributed by atoms with Crippen molar-refractivity contribution < 1.29 is 4.79 Å². The van der Waals surface area contributed by atoms with E-state index < -0.39 is 0 Å². The highest BCUT2D eigenvalue weighted by molar-refractivity contribution is 5.91. The second kappa shape index (κ2) is 7.06. The first-order valence-electron chi connectivity index (χ1n) is 10.3. The number of nitriles is 1. The van der Waals surface area contributed by atoms with E-state index in [2.05, 4.69) is 27.3 Å². The van der Waals surface area contributed by atoms with Gasteiger partial charge in [-0.05, 0) is 43.7 Å². The maximum atomic E-state index is 12.7. The minimum absolute atomic E-state index is 0.142. The highest BCUT2D eigenvalue weighted by Crippen LogP contribution is 2.47. The molecular weight excluding hydrogens is 350 g/mol. The fourth-order valence-electron chi connectivity index (χ4n) is 4.88. The normalized spacial score (nSPS) is 27.4. The fourth-order valence-corrected chi connectivity index (χ4v) is 4.88. The van der Waals surface area contributed by atoms with Crippen LogP contribution in [-0.4, -0.2) is 58.5 Å². The molecule has 28 heavy (non-hydrogen) atoms. The van der Waals surface area contributed by atoms with Gasteiger partial charge < -0.3 is 10.2 Å². The number of pyridine rings is 1. The minimum Gasteiger partial charge on any atom is -0.382 e. The van der Waals surface area contributed by atoms with Gasteiger partial charge in [0.15, 0.2) is 0 Å². The van der Waals surface area contributed by atoms with Crippen LogP contribution in [-0.2, 0) is 4.79 Å². The van der Waals surface area contributed by atoms with Crippen LogP contribution < -0.4 is 5.32 Å². The first-order chi connectivity index (χ1) is 13.7. The van der Waals surface area contributed by atoms with Crippen molar-refractivity contribution in [3.05, 3.63) is 36.5 Å². The molecule has 0 spiro atoms. The summed E-state index contributed by atoms with van der Waals surface area (Å²) in [5, 5.41) is 14.1. The summed E-state index contributed by atoms with van der Waals surface area (Å²) in [6, 6.07) is 13.1. The molecule has 3 fully saturated rings. The number of fused-ring (bicyclic) bond motifs is 2. The Kier molecular flexibility index (Phi) is 4.40. The van der Waals surface area contributed by atoms with E-state index >= 15 is 0 Å². The number of piperidine rings is 2. The summed E-state index contributed by atoms with van der Waals surface area (Å²) in [6.45, 7) is 2.27. The van der Waals surface area contributed by atoms with Crippen LogP contribution in [0.25, 0.3) is 10.9 Å². The first-order valence-corrected chi connectivity index (χ1v) is 10.3. The number of likely N-dealkylation sites (tertiary alicyclic amines) is 2. The van der Waals surface area contributed by atoms with Crippen LogP contribution in [0.3, 0.4) is 0 Å². The van der Waals surface area contributed by atoms with Gasteiger partial charge in [-0.3, -0.25) is 14.7 Å². The van der Waals surface area contributed by atoms with Crippen LogP contribution in [0, 0.1) is 17.2 Å². The summed E-state index contributed by atoms with van der Waals surface area (Å²) < 4.78 is 0. The molecule has 6 heteroatoms. The van der Waals surface area contributed by atoms with E-state index in [9.17, 15) is 10.1 Å². The molecule has 3 heterocycles. The van der Waals surface area contributed by atoms with Gasteiger partial charge in [0.1, 0.15) is 6.04 Å². The van der Waals surface area contributed by atoms with Crippen LogP contribution >= 0.6 is 0 Å². The number of anilines is 1. The third-order valence-corrected chi connectivity index (χ3v) is 6.50. The third kappa shape index (κ3) is 3.20. The van der Waals surface area contributed by atoms with Gasteiger partial charge in [-0.25, -0.2) is 0 Å². The number of aromatic nitrogens is 1. The Labute approximate surface area is 165 Å². The molecule has 1 saturated carbocycles. The molecule has 144 valence electrons. The summed E-state index contributed by atoms with van der Waals surface area (Å²) in [7, 11) is 0. The molecule has 2 aliphatic heterocycles. The number of rotatable bonds is 4. The predicted octanol–water partition coefficient (Wildman–Crippen LogP) is 2.62. The third-order valence-electron chi connectivity index (χ3n) is 6.50. The van der Waals surface area contributed by atoms with Crippen molar-refractivity contribution in [3.8, 4) is 6.07 Å². The molecule has 1 aromatic heterocycles. The smallest absolute Gasteiger partial charge is 0.238 e. The number of carbonyl (C=O) groups is 1. The molecule has 0 radical (unpaired) electrons. The van der Waals surface area contributed by atoms with Crippen LogP contribution in [0.1, 0.15) is 25.7 Å². The zero-order valence-electron chi connectivity index (χ0n) is 15.9. The Bertz CT molecular complexity index is 925. The van der Waals surface area contributed by atoms with Crippen molar-refractivity contribution in [3.63, 3.8) is 0 Å². The number of nitrogens with zero attached hydrogens (tertiary/aromatic N) is 4. The Morgan fingerprint density at radius 2 is 2.04 bits per heavy atom.